The lowest BCUT2D eigenvalue weighted by molar-refractivity contribution is -0.143. The number of benzene rings is 2. The standard InChI is InChI=1S/C31H34F3N5O4/c1-5-43-26-9-7-6-8-23(26)25(18-40)37-14-15-38(19(2)17-37)30(41)24-16-35-39-28(31(32,33)34)20(3)27(36-29(24)39)21-10-12-22(42-4)13-11-21/h6-13,16,19,25,40H,5,14-15,17-18H2,1-4H3/t19-,25?/m1/s1. The van der Waals surface area contributed by atoms with Crippen LogP contribution in [0.25, 0.3) is 16.9 Å². The maximum Gasteiger partial charge on any atom is 0.433 e. The van der Waals surface area contributed by atoms with Crippen molar-refractivity contribution in [1.82, 2.24) is 24.4 Å². The molecule has 3 heterocycles. The minimum absolute atomic E-state index is 0.0130. The van der Waals surface area contributed by atoms with E-state index >= 15 is 0 Å². The van der Waals surface area contributed by atoms with Crippen molar-refractivity contribution >= 4 is 11.6 Å². The molecule has 12 heteroatoms. The van der Waals surface area contributed by atoms with Crippen molar-refractivity contribution in [2.75, 3.05) is 40.0 Å². The highest BCUT2D eigenvalue weighted by molar-refractivity contribution is 6.00. The molecule has 0 aliphatic carbocycles. The van der Waals surface area contributed by atoms with Crippen molar-refractivity contribution in [2.45, 2.75) is 39.0 Å². The van der Waals surface area contributed by atoms with E-state index in [2.05, 4.69) is 15.0 Å². The number of aliphatic hydroxyl groups excluding tert-OH is 1. The molecule has 1 saturated heterocycles. The van der Waals surface area contributed by atoms with Crippen LogP contribution >= 0.6 is 0 Å². The van der Waals surface area contributed by atoms with Crippen molar-refractivity contribution in [3.8, 4) is 22.8 Å². The molecule has 2 aromatic carbocycles. The average molecular weight is 598 g/mol. The first kappa shape index (κ1) is 30.3. The van der Waals surface area contributed by atoms with Crippen molar-refractivity contribution in [1.29, 1.82) is 0 Å². The second-order valence-corrected chi connectivity index (χ2v) is 10.5. The molecular formula is C31H34F3N5O4. The predicted octanol–water partition coefficient (Wildman–Crippen LogP) is 5.01. The average Bonchev–Trinajstić information content (AvgIpc) is 3.40. The lowest BCUT2D eigenvalue weighted by atomic mass is 10.0. The van der Waals surface area contributed by atoms with Crippen LogP contribution in [0.2, 0.25) is 0 Å². The minimum Gasteiger partial charge on any atom is -0.497 e. The lowest BCUT2D eigenvalue weighted by Gasteiger charge is -2.43. The highest BCUT2D eigenvalue weighted by Crippen LogP contribution is 2.37. The fourth-order valence-electron chi connectivity index (χ4n) is 5.77. The smallest absolute Gasteiger partial charge is 0.433 e. The second-order valence-electron chi connectivity index (χ2n) is 10.5. The Morgan fingerprint density at radius 3 is 2.49 bits per heavy atom. The van der Waals surface area contributed by atoms with Gasteiger partial charge in [-0.25, -0.2) is 9.50 Å². The molecule has 1 N–H and O–H groups in total. The highest BCUT2D eigenvalue weighted by Gasteiger charge is 2.40. The van der Waals surface area contributed by atoms with E-state index in [0.717, 1.165) is 11.8 Å². The van der Waals surface area contributed by atoms with E-state index in [9.17, 15) is 23.1 Å². The molecule has 228 valence electrons. The number of piperazine rings is 1. The second kappa shape index (κ2) is 12.2. The van der Waals surface area contributed by atoms with Gasteiger partial charge in [0.15, 0.2) is 11.3 Å². The van der Waals surface area contributed by atoms with Gasteiger partial charge in [-0.15, -0.1) is 0 Å². The number of fused-ring (bicyclic) bond motifs is 1. The van der Waals surface area contributed by atoms with Gasteiger partial charge in [0.05, 0.1) is 38.3 Å². The molecule has 0 bridgehead atoms. The van der Waals surface area contributed by atoms with E-state index in [4.69, 9.17) is 9.47 Å². The third kappa shape index (κ3) is 5.76. The van der Waals surface area contributed by atoms with Crippen molar-refractivity contribution in [3.05, 3.63) is 77.1 Å². The van der Waals surface area contributed by atoms with Gasteiger partial charge < -0.3 is 19.5 Å². The Morgan fingerprint density at radius 2 is 1.86 bits per heavy atom. The maximum absolute atomic E-state index is 14.4. The fourth-order valence-corrected chi connectivity index (χ4v) is 5.77. The first-order chi connectivity index (χ1) is 20.6. The van der Waals surface area contributed by atoms with E-state index < -0.39 is 17.8 Å². The highest BCUT2D eigenvalue weighted by atomic mass is 19.4. The van der Waals surface area contributed by atoms with Gasteiger partial charge in [-0.05, 0) is 51.1 Å². The molecule has 9 nitrogen and oxygen atoms in total. The number of aromatic nitrogens is 3. The molecule has 0 saturated carbocycles. The van der Waals surface area contributed by atoms with Gasteiger partial charge in [-0.2, -0.15) is 18.3 Å². The van der Waals surface area contributed by atoms with Crippen molar-refractivity contribution in [2.24, 2.45) is 0 Å². The Balaban J connectivity index is 1.47. The van der Waals surface area contributed by atoms with Crippen molar-refractivity contribution < 1.29 is 32.5 Å². The van der Waals surface area contributed by atoms with Gasteiger partial charge in [-0.3, -0.25) is 9.69 Å². The Bertz CT molecular complexity index is 1610. The number of hydrogen-bond acceptors (Lipinski definition) is 7. The molecule has 43 heavy (non-hydrogen) atoms. The minimum atomic E-state index is -4.74. The monoisotopic (exact) mass is 597 g/mol. The number of rotatable bonds is 8. The largest absolute Gasteiger partial charge is 0.497 e. The molecule has 1 aliphatic heterocycles. The summed E-state index contributed by atoms with van der Waals surface area (Å²) in [7, 11) is 1.50. The van der Waals surface area contributed by atoms with Gasteiger partial charge in [0.25, 0.3) is 5.91 Å². The third-order valence-electron chi connectivity index (χ3n) is 7.86. The molecule has 1 unspecified atom stereocenters. The van der Waals surface area contributed by atoms with E-state index in [1.165, 1.54) is 14.0 Å². The Morgan fingerprint density at radius 1 is 1.14 bits per heavy atom. The van der Waals surface area contributed by atoms with E-state index in [1.54, 1.807) is 29.2 Å². The normalized spacial score (nSPS) is 16.8. The number of hydrogen-bond donors (Lipinski definition) is 1. The van der Waals surface area contributed by atoms with Crippen molar-refractivity contribution in [3.63, 3.8) is 0 Å². The van der Waals surface area contributed by atoms with Gasteiger partial charge in [0, 0.05) is 42.4 Å². The zero-order valence-corrected chi connectivity index (χ0v) is 24.4. The predicted molar refractivity (Wildman–Crippen MR) is 154 cm³/mol. The van der Waals surface area contributed by atoms with Crippen LogP contribution in [0, 0.1) is 6.92 Å². The number of halogens is 3. The topological polar surface area (TPSA) is 92.4 Å². The lowest BCUT2D eigenvalue weighted by Crippen LogP contribution is -2.55. The number of methoxy groups -OCH3 is 1. The number of amides is 1. The van der Waals surface area contributed by atoms with Gasteiger partial charge in [0.2, 0.25) is 0 Å². The van der Waals surface area contributed by atoms with Crippen LogP contribution in [0.15, 0.2) is 54.7 Å². The van der Waals surface area contributed by atoms with Gasteiger partial charge >= 0.3 is 6.18 Å². The molecular weight excluding hydrogens is 563 g/mol. The number of ether oxygens (including phenoxy) is 2. The van der Waals surface area contributed by atoms with Gasteiger partial charge in [-0.1, -0.05) is 18.2 Å². The number of carbonyl (C=O) groups is 1. The number of alkyl halides is 3. The summed E-state index contributed by atoms with van der Waals surface area (Å²) >= 11 is 0. The molecule has 0 radical (unpaired) electrons. The number of carbonyl (C=O) groups excluding carboxylic acids is 1. The first-order valence-corrected chi connectivity index (χ1v) is 14.1. The molecule has 4 aromatic rings. The van der Waals surface area contributed by atoms with Crippen LogP contribution in [0.4, 0.5) is 13.2 Å². The van der Waals surface area contributed by atoms with Crippen LogP contribution in [0.3, 0.4) is 0 Å². The zero-order valence-electron chi connectivity index (χ0n) is 24.4. The number of nitrogens with zero attached hydrogens (tertiary/aromatic N) is 5. The van der Waals surface area contributed by atoms with E-state index in [0.29, 0.717) is 47.8 Å². The van der Waals surface area contributed by atoms with E-state index in [-0.39, 0.29) is 41.2 Å². The molecule has 2 atom stereocenters. The quantitative estimate of drug-likeness (QED) is 0.305. The summed E-state index contributed by atoms with van der Waals surface area (Å²) in [6.07, 6.45) is -3.58. The summed E-state index contributed by atoms with van der Waals surface area (Å²) in [4.78, 5) is 22.1. The van der Waals surface area contributed by atoms with Crippen LogP contribution in [0.1, 0.15) is 47.1 Å². The Kier molecular flexibility index (Phi) is 8.61. The van der Waals surface area contributed by atoms with E-state index in [1.807, 2.05) is 38.1 Å². The summed E-state index contributed by atoms with van der Waals surface area (Å²) in [5.41, 5.74) is 0.148. The summed E-state index contributed by atoms with van der Waals surface area (Å²) in [6.45, 7) is 6.64. The summed E-state index contributed by atoms with van der Waals surface area (Å²) < 4.78 is 54.7. The fraction of sp³-hybridized carbons (Fsp3) is 0.387. The number of aliphatic hydroxyl groups is 1. The van der Waals surface area contributed by atoms with Crippen LogP contribution in [-0.4, -0.2) is 81.4 Å². The molecule has 5 rings (SSSR count). The Labute approximate surface area is 247 Å². The summed E-state index contributed by atoms with van der Waals surface area (Å²) in [6, 6.07) is 13.4. The number of para-hydroxylation sites is 1. The van der Waals surface area contributed by atoms with Crippen LogP contribution in [0.5, 0.6) is 11.5 Å². The molecule has 1 fully saturated rings. The summed E-state index contributed by atoms with van der Waals surface area (Å²) in [5, 5.41) is 14.3. The van der Waals surface area contributed by atoms with Crippen LogP contribution in [-0.2, 0) is 6.18 Å². The third-order valence-corrected chi connectivity index (χ3v) is 7.86. The van der Waals surface area contributed by atoms with Gasteiger partial charge in [0.1, 0.15) is 17.1 Å². The zero-order chi connectivity index (χ0) is 30.9. The molecule has 0 spiro atoms. The maximum atomic E-state index is 14.4. The summed E-state index contributed by atoms with van der Waals surface area (Å²) in [5.74, 6) is 0.787. The SMILES string of the molecule is CCOc1ccccc1C(CO)N1CCN(C(=O)c2cnn3c(C(F)(F)F)c(C)c(-c4ccc(OC)cc4)nc23)[C@H](C)C1. The first-order valence-electron chi connectivity index (χ1n) is 14.1. The molecule has 1 aliphatic rings. The molecule has 2 aromatic heterocycles. The van der Waals surface area contributed by atoms with Crippen LogP contribution < -0.4 is 9.47 Å². The molecule has 1 amide bonds. The Hall–Kier alpha value is -4.16.